The lowest BCUT2D eigenvalue weighted by molar-refractivity contribution is 0.250. The summed E-state index contributed by atoms with van der Waals surface area (Å²) < 4.78 is 28.9. The van der Waals surface area contributed by atoms with Crippen LogP contribution in [0.25, 0.3) is 11.0 Å². The lowest BCUT2D eigenvalue weighted by atomic mass is 9.81. The third-order valence-corrected chi connectivity index (χ3v) is 4.79. The minimum absolute atomic E-state index is 0.163. The van der Waals surface area contributed by atoms with Crippen molar-refractivity contribution in [2.75, 3.05) is 5.73 Å². The topological polar surface area (TPSA) is 43.8 Å². The number of fused-ring (bicyclic) bond motifs is 1. The molecule has 0 radical (unpaired) electrons. The van der Waals surface area contributed by atoms with Crippen molar-refractivity contribution in [2.45, 2.75) is 45.6 Å². The molecule has 0 spiro atoms. The van der Waals surface area contributed by atoms with Crippen LogP contribution in [0.1, 0.15) is 39.0 Å². The van der Waals surface area contributed by atoms with Gasteiger partial charge in [0, 0.05) is 18.7 Å². The van der Waals surface area contributed by atoms with Gasteiger partial charge in [0.25, 0.3) is 0 Å². The highest BCUT2D eigenvalue weighted by molar-refractivity contribution is 5.79. The smallest absolute Gasteiger partial charge is 0.201 e. The molecule has 5 heteroatoms. The van der Waals surface area contributed by atoms with Crippen LogP contribution in [0.4, 0.5) is 14.7 Å². The lowest BCUT2D eigenvalue weighted by Crippen LogP contribution is -2.19. The van der Waals surface area contributed by atoms with Crippen LogP contribution in [0.2, 0.25) is 0 Å². The van der Waals surface area contributed by atoms with Gasteiger partial charge in [0.15, 0.2) is 5.82 Å². The fraction of sp³-hybridized carbons (Fsp3) is 0.562. The maximum Gasteiger partial charge on any atom is 0.201 e. The number of hydrogen-bond acceptors (Lipinski definition) is 2. The molecule has 0 aliphatic heterocycles. The second-order valence-corrected chi connectivity index (χ2v) is 6.13. The molecule has 1 heterocycles. The summed E-state index contributed by atoms with van der Waals surface area (Å²) in [6.45, 7) is 2.93. The van der Waals surface area contributed by atoms with E-state index in [1.165, 1.54) is 25.3 Å². The zero-order valence-electron chi connectivity index (χ0n) is 12.3. The molecule has 1 aliphatic rings. The van der Waals surface area contributed by atoms with Crippen molar-refractivity contribution >= 4 is 17.0 Å². The molecule has 0 saturated heterocycles. The number of hydrogen-bond donors (Lipinski definition) is 1. The van der Waals surface area contributed by atoms with E-state index in [1.54, 1.807) is 4.57 Å². The van der Waals surface area contributed by atoms with Crippen LogP contribution < -0.4 is 5.73 Å². The fourth-order valence-electron chi connectivity index (χ4n) is 3.44. The Labute approximate surface area is 123 Å². The van der Waals surface area contributed by atoms with Gasteiger partial charge in [-0.05, 0) is 24.7 Å². The average molecular weight is 293 g/mol. The highest BCUT2D eigenvalue weighted by Crippen LogP contribution is 2.33. The van der Waals surface area contributed by atoms with Crippen molar-refractivity contribution in [1.29, 1.82) is 0 Å². The van der Waals surface area contributed by atoms with E-state index in [9.17, 15) is 8.78 Å². The van der Waals surface area contributed by atoms with Crippen LogP contribution in [0.15, 0.2) is 12.1 Å². The van der Waals surface area contributed by atoms with Gasteiger partial charge in [-0.3, -0.25) is 0 Å². The Morgan fingerprint density at radius 2 is 1.86 bits per heavy atom. The van der Waals surface area contributed by atoms with Gasteiger partial charge in [-0.15, -0.1) is 0 Å². The third kappa shape index (κ3) is 2.74. The largest absolute Gasteiger partial charge is 0.369 e. The van der Waals surface area contributed by atoms with E-state index in [-0.39, 0.29) is 11.5 Å². The van der Waals surface area contributed by atoms with Crippen molar-refractivity contribution < 1.29 is 8.78 Å². The van der Waals surface area contributed by atoms with Crippen LogP contribution in [-0.4, -0.2) is 9.55 Å². The molecule has 3 rings (SSSR count). The number of nitrogen functional groups attached to an aromatic ring is 1. The number of anilines is 1. The predicted octanol–water partition coefficient (Wildman–Crippen LogP) is 4.11. The van der Waals surface area contributed by atoms with Crippen LogP contribution in [-0.2, 0) is 6.54 Å². The second-order valence-electron chi connectivity index (χ2n) is 6.13. The van der Waals surface area contributed by atoms with Gasteiger partial charge in [0.05, 0.1) is 5.52 Å². The molecule has 1 aliphatic carbocycles. The number of nitrogens with zero attached hydrogens (tertiary/aromatic N) is 2. The summed E-state index contributed by atoms with van der Waals surface area (Å²) in [6, 6.07) is 2.17. The molecule has 114 valence electrons. The van der Waals surface area contributed by atoms with Crippen molar-refractivity contribution in [1.82, 2.24) is 9.55 Å². The van der Waals surface area contributed by atoms with Crippen molar-refractivity contribution in [3.63, 3.8) is 0 Å². The molecular weight excluding hydrogens is 272 g/mol. The molecule has 3 nitrogen and oxygen atoms in total. The normalized spacial score (nSPS) is 22.8. The van der Waals surface area contributed by atoms with E-state index in [0.717, 1.165) is 24.8 Å². The first-order chi connectivity index (χ1) is 10.1. The first kappa shape index (κ1) is 14.3. The molecule has 2 N–H and O–H groups in total. The van der Waals surface area contributed by atoms with Gasteiger partial charge in [0.1, 0.15) is 11.3 Å². The molecule has 1 saturated carbocycles. The molecule has 1 aromatic heterocycles. The molecule has 1 aromatic carbocycles. The minimum Gasteiger partial charge on any atom is -0.369 e. The number of imidazole rings is 1. The Morgan fingerprint density at radius 1 is 1.19 bits per heavy atom. The molecule has 0 amide bonds. The summed E-state index contributed by atoms with van der Waals surface area (Å²) in [5.74, 6) is 0.375. The van der Waals surface area contributed by atoms with Gasteiger partial charge >= 0.3 is 0 Å². The molecule has 0 bridgehead atoms. The van der Waals surface area contributed by atoms with Crippen LogP contribution in [0, 0.1) is 23.5 Å². The number of halogens is 2. The summed E-state index contributed by atoms with van der Waals surface area (Å²) in [6.07, 6.45) is 6.00. The summed E-state index contributed by atoms with van der Waals surface area (Å²) in [5.41, 5.74) is 6.53. The Bertz CT molecular complexity index is 642. The molecular formula is C16H21F2N3. The van der Waals surface area contributed by atoms with E-state index in [0.29, 0.717) is 18.0 Å². The summed E-state index contributed by atoms with van der Waals surface area (Å²) >= 11 is 0. The van der Waals surface area contributed by atoms with E-state index in [4.69, 9.17) is 5.73 Å². The first-order valence-corrected chi connectivity index (χ1v) is 7.69. The average Bonchev–Trinajstić information content (AvgIpc) is 2.77. The first-order valence-electron chi connectivity index (χ1n) is 7.69. The van der Waals surface area contributed by atoms with Crippen molar-refractivity contribution in [3.05, 3.63) is 23.8 Å². The lowest BCUT2D eigenvalue weighted by Gasteiger charge is -2.28. The van der Waals surface area contributed by atoms with Gasteiger partial charge in [-0.2, -0.15) is 0 Å². The standard InChI is InChI=1S/C16H21F2N3/c1-2-10-3-5-11(6-4-10)9-21-14-8-12(17)7-13(18)15(14)20-16(21)19/h7-8,10-11H,2-6,9H2,1H3,(H2,19,20). The van der Waals surface area contributed by atoms with E-state index in [1.807, 2.05) is 0 Å². The Morgan fingerprint density at radius 3 is 2.52 bits per heavy atom. The Balaban J connectivity index is 1.86. The zero-order valence-corrected chi connectivity index (χ0v) is 12.3. The molecule has 2 aromatic rings. The number of aromatic nitrogens is 2. The highest BCUT2D eigenvalue weighted by atomic mass is 19.1. The van der Waals surface area contributed by atoms with Crippen molar-refractivity contribution in [2.24, 2.45) is 11.8 Å². The monoisotopic (exact) mass is 293 g/mol. The molecule has 0 unspecified atom stereocenters. The fourth-order valence-corrected chi connectivity index (χ4v) is 3.44. The summed E-state index contributed by atoms with van der Waals surface area (Å²) in [5, 5.41) is 0. The SMILES string of the molecule is CCC1CCC(Cn2c(N)nc3c(F)cc(F)cc32)CC1. The number of rotatable bonds is 3. The summed E-state index contributed by atoms with van der Waals surface area (Å²) in [7, 11) is 0. The Kier molecular flexibility index (Phi) is 3.83. The maximum absolute atomic E-state index is 13.7. The van der Waals surface area contributed by atoms with Gasteiger partial charge in [-0.1, -0.05) is 26.2 Å². The van der Waals surface area contributed by atoms with Crippen LogP contribution >= 0.6 is 0 Å². The summed E-state index contributed by atoms with van der Waals surface area (Å²) in [4.78, 5) is 4.05. The maximum atomic E-state index is 13.7. The van der Waals surface area contributed by atoms with E-state index in [2.05, 4.69) is 11.9 Å². The van der Waals surface area contributed by atoms with Crippen LogP contribution in [0.5, 0.6) is 0 Å². The highest BCUT2D eigenvalue weighted by Gasteiger charge is 2.22. The number of nitrogens with two attached hydrogens (primary N) is 1. The van der Waals surface area contributed by atoms with E-state index < -0.39 is 11.6 Å². The van der Waals surface area contributed by atoms with E-state index >= 15 is 0 Å². The third-order valence-electron chi connectivity index (χ3n) is 4.79. The van der Waals surface area contributed by atoms with Gasteiger partial charge in [-0.25, -0.2) is 13.8 Å². The molecule has 21 heavy (non-hydrogen) atoms. The zero-order chi connectivity index (χ0) is 15.0. The molecule has 0 atom stereocenters. The quantitative estimate of drug-likeness (QED) is 0.925. The van der Waals surface area contributed by atoms with Gasteiger partial charge < -0.3 is 10.3 Å². The predicted molar refractivity (Wildman–Crippen MR) is 79.8 cm³/mol. The molecule has 1 fully saturated rings. The Hall–Kier alpha value is -1.65. The van der Waals surface area contributed by atoms with Crippen molar-refractivity contribution in [3.8, 4) is 0 Å². The van der Waals surface area contributed by atoms with Gasteiger partial charge in [0.2, 0.25) is 5.95 Å². The minimum atomic E-state index is -0.648. The second kappa shape index (κ2) is 5.62. The van der Waals surface area contributed by atoms with Crippen LogP contribution in [0.3, 0.4) is 0 Å². The number of benzene rings is 1.